The van der Waals surface area contributed by atoms with Crippen molar-refractivity contribution in [2.45, 2.75) is 25.3 Å². The van der Waals surface area contributed by atoms with Gasteiger partial charge in [0, 0.05) is 19.1 Å². The third-order valence-corrected chi connectivity index (χ3v) is 3.80. The molecular formula is C15H26Cl2N2O. The number of nitrogens with zero attached hydrogens (tertiary/aromatic N) is 1. The fourth-order valence-electron chi connectivity index (χ4n) is 2.68. The number of hydrogen-bond acceptors (Lipinski definition) is 3. The quantitative estimate of drug-likeness (QED) is 0.902. The van der Waals surface area contributed by atoms with Gasteiger partial charge >= 0.3 is 0 Å². The van der Waals surface area contributed by atoms with Crippen molar-refractivity contribution in [2.24, 2.45) is 0 Å². The van der Waals surface area contributed by atoms with Gasteiger partial charge in [0.25, 0.3) is 0 Å². The predicted molar refractivity (Wildman–Crippen MR) is 89.7 cm³/mol. The zero-order chi connectivity index (χ0) is 12.8. The lowest BCUT2D eigenvalue weighted by Gasteiger charge is -2.32. The van der Waals surface area contributed by atoms with E-state index < -0.39 is 0 Å². The number of rotatable bonds is 5. The Balaban J connectivity index is 0.00000180. The Bertz CT molecular complexity index is 377. The van der Waals surface area contributed by atoms with Crippen LogP contribution in [0.25, 0.3) is 0 Å². The molecule has 3 nitrogen and oxygen atoms in total. The average Bonchev–Trinajstić information content (AvgIpc) is 2.45. The molecule has 0 radical (unpaired) electrons. The maximum Gasteiger partial charge on any atom is 0.122 e. The van der Waals surface area contributed by atoms with Gasteiger partial charge in [0.2, 0.25) is 0 Å². The van der Waals surface area contributed by atoms with Gasteiger partial charge in [-0.3, -0.25) is 0 Å². The van der Waals surface area contributed by atoms with E-state index in [2.05, 4.69) is 29.4 Å². The van der Waals surface area contributed by atoms with Gasteiger partial charge in [-0.1, -0.05) is 18.2 Å². The summed E-state index contributed by atoms with van der Waals surface area (Å²) in [5.41, 5.74) is 1.31. The standard InChI is InChI=1S/C15H24N2O.2ClH/c1-16-14-7-5-10-17(12-14)11-9-13-6-3-4-8-15(13)18-2;;/h3-4,6,8,14,16H,5,7,9-12H2,1-2H3;2*1H. The molecule has 1 aliphatic rings. The molecule has 116 valence electrons. The molecule has 0 aliphatic carbocycles. The van der Waals surface area contributed by atoms with Crippen molar-refractivity contribution < 1.29 is 4.74 Å². The Morgan fingerprint density at radius 3 is 2.75 bits per heavy atom. The van der Waals surface area contributed by atoms with E-state index in [1.54, 1.807) is 7.11 Å². The summed E-state index contributed by atoms with van der Waals surface area (Å²) in [6.45, 7) is 3.53. The van der Waals surface area contributed by atoms with Crippen LogP contribution >= 0.6 is 24.8 Å². The molecule has 0 bridgehead atoms. The van der Waals surface area contributed by atoms with Crippen molar-refractivity contribution in [2.75, 3.05) is 33.8 Å². The number of hydrogen-bond donors (Lipinski definition) is 1. The van der Waals surface area contributed by atoms with Crippen molar-refractivity contribution in [3.63, 3.8) is 0 Å². The molecule has 1 unspecified atom stereocenters. The van der Waals surface area contributed by atoms with E-state index >= 15 is 0 Å². The Morgan fingerprint density at radius 2 is 2.05 bits per heavy atom. The van der Waals surface area contributed by atoms with E-state index in [1.165, 1.54) is 31.5 Å². The fraction of sp³-hybridized carbons (Fsp3) is 0.600. The lowest BCUT2D eigenvalue weighted by atomic mass is 10.0. The highest BCUT2D eigenvalue weighted by Crippen LogP contribution is 2.19. The van der Waals surface area contributed by atoms with E-state index in [0.717, 1.165) is 18.7 Å². The van der Waals surface area contributed by atoms with E-state index in [-0.39, 0.29) is 24.8 Å². The molecular weight excluding hydrogens is 295 g/mol. The first kappa shape index (κ1) is 19.5. The summed E-state index contributed by atoms with van der Waals surface area (Å²) in [5, 5.41) is 3.39. The number of likely N-dealkylation sites (N-methyl/N-ethyl adjacent to an activating group) is 1. The number of ether oxygens (including phenoxy) is 1. The van der Waals surface area contributed by atoms with Gasteiger partial charge in [0.15, 0.2) is 0 Å². The first-order chi connectivity index (χ1) is 8.83. The second-order valence-electron chi connectivity index (χ2n) is 4.99. The number of para-hydroxylation sites is 1. The average molecular weight is 321 g/mol. The molecule has 1 aliphatic heterocycles. The molecule has 1 fully saturated rings. The van der Waals surface area contributed by atoms with E-state index in [9.17, 15) is 0 Å². The van der Waals surface area contributed by atoms with Crippen LogP contribution in [0, 0.1) is 0 Å². The van der Waals surface area contributed by atoms with Crippen LogP contribution in [0.5, 0.6) is 5.75 Å². The zero-order valence-electron chi connectivity index (χ0n) is 12.3. The molecule has 20 heavy (non-hydrogen) atoms. The summed E-state index contributed by atoms with van der Waals surface area (Å²) in [6, 6.07) is 8.99. The smallest absolute Gasteiger partial charge is 0.122 e. The number of piperidine rings is 1. The van der Waals surface area contributed by atoms with Crippen LogP contribution in [0.4, 0.5) is 0 Å². The van der Waals surface area contributed by atoms with Crippen molar-refractivity contribution >= 4 is 24.8 Å². The Labute approximate surface area is 134 Å². The zero-order valence-corrected chi connectivity index (χ0v) is 13.9. The summed E-state index contributed by atoms with van der Waals surface area (Å²) in [5.74, 6) is 1.01. The first-order valence-corrected chi connectivity index (χ1v) is 6.85. The number of likely N-dealkylation sites (tertiary alicyclic amines) is 1. The number of benzene rings is 1. The van der Waals surface area contributed by atoms with Crippen molar-refractivity contribution in [3.05, 3.63) is 29.8 Å². The molecule has 1 N–H and O–H groups in total. The minimum Gasteiger partial charge on any atom is -0.496 e. The van der Waals surface area contributed by atoms with Gasteiger partial charge in [-0.05, 0) is 44.5 Å². The van der Waals surface area contributed by atoms with E-state index in [4.69, 9.17) is 4.74 Å². The second-order valence-corrected chi connectivity index (χ2v) is 4.99. The van der Waals surface area contributed by atoms with Gasteiger partial charge in [0.1, 0.15) is 5.75 Å². The van der Waals surface area contributed by atoms with Crippen LogP contribution in [0.3, 0.4) is 0 Å². The molecule has 2 rings (SSSR count). The topological polar surface area (TPSA) is 24.5 Å². The number of methoxy groups -OCH3 is 1. The third-order valence-electron chi connectivity index (χ3n) is 3.80. The summed E-state index contributed by atoms with van der Waals surface area (Å²) in [7, 11) is 3.81. The van der Waals surface area contributed by atoms with Gasteiger partial charge in [-0.15, -0.1) is 24.8 Å². The minimum atomic E-state index is 0. The lowest BCUT2D eigenvalue weighted by molar-refractivity contribution is 0.197. The second kappa shape index (κ2) is 10.3. The molecule has 5 heteroatoms. The molecule has 1 atom stereocenters. The summed E-state index contributed by atoms with van der Waals surface area (Å²) in [6.07, 6.45) is 3.68. The molecule has 1 heterocycles. The summed E-state index contributed by atoms with van der Waals surface area (Å²) >= 11 is 0. The number of nitrogens with one attached hydrogen (secondary N) is 1. The van der Waals surface area contributed by atoms with Gasteiger partial charge in [-0.2, -0.15) is 0 Å². The Kier molecular flexibility index (Phi) is 10.0. The van der Waals surface area contributed by atoms with Crippen LogP contribution in [-0.2, 0) is 6.42 Å². The van der Waals surface area contributed by atoms with Crippen molar-refractivity contribution in [1.82, 2.24) is 10.2 Å². The Hall–Kier alpha value is -0.480. The third kappa shape index (κ3) is 5.49. The van der Waals surface area contributed by atoms with Crippen molar-refractivity contribution in [3.8, 4) is 5.75 Å². The van der Waals surface area contributed by atoms with Crippen LogP contribution in [-0.4, -0.2) is 44.7 Å². The maximum absolute atomic E-state index is 5.40. The molecule has 1 aromatic rings. The normalized spacial score (nSPS) is 18.8. The SMILES string of the molecule is CNC1CCCN(CCc2ccccc2OC)C1.Cl.Cl. The molecule has 0 spiro atoms. The van der Waals surface area contributed by atoms with Gasteiger partial charge in [0.05, 0.1) is 7.11 Å². The molecule has 1 saturated heterocycles. The number of halogens is 2. The molecule has 0 saturated carbocycles. The highest BCUT2D eigenvalue weighted by molar-refractivity contribution is 5.85. The van der Waals surface area contributed by atoms with Crippen LogP contribution in [0.15, 0.2) is 24.3 Å². The predicted octanol–water partition coefficient (Wildman–Crippen LogP) is 2.77. The Morgan fingerprint density at radius 1 is 1.30 bits per heavy atom. The molecule has 0 amide bonds. The van der Waals surface area contributed by atoms with Crippen LogP contribution in [0.1, 0.15) is 18.4 Å². The molecule has 0 aromatic heterocycles. The lowest BCUT2D eigenvalue weighted by Crippen LogP contribution is -2.44. The largest absolute Gasteiger partial charge is 0.496 e. The first-order valence-electron chi connectivity index (χ1n) is 6.85. The van der Waals surface area contributed by atoms with Crippen molar-refractivity contribution in [1.29, 1.82) is 0 Å². The highest BCUT2D eigenvalue weighted by atomic mass is 35.5. The highest BCUT2D eigenvalue weighted by Gasteiger charge is 2.18. The van der Waals surface area contributed by atoms with Crippen LogP contribution in [0.2, 0.25) is 0 Å². The monoisotopic (exact) mass is 320 g/mol. The van der Waals surface area contributed by atoms with E-state index in [0.29, 0.717) is 6.04 Å². The fourth-order valence-corrected chi connectivity index (χ4v) is 2.68. The van der Waals surface area contributed by atoms with Crippen LogP contribution < -0.4 is 10.1 Å². The van der Waals surface area contributed by atoms with Gasteiger partial charge < -0.3 is 15.0 Å². The minimum absolute atomic E-state index is 0. The molecule has 1 aromatic carbocycles. The van der Waals surface area contributed by atoms with Gasteiger partial charge in [-0.25, -0.2) is 0 Å². The summed E-state index contributed by atoms with van der Waals surface area (Å²) in [4.78, 5) is 2.55. The van der Waals surface area contributed by atoms with E-state index in [1.807, 2.05) is 12.1 Å². The maximum atomic E-state index is 5.40. The summed E-state index contributed by atoms with van der Waals surface area (Å²) < 4.78 is 5.40.